The first-order chi connectivity index (χ1) is 16.4. The second-order valence-electron chi connectivity index (χ2n) is 7.09. The molecule has 1 aliphatic heterocycles. The summed E-state index contributed by atoms with van der Waals surface area (Å²) in [5, 5.41) is 13.7. The van der Waals surface area contributed by atoms with Crippen LogP contribution in [0.3, 0.4) is 0 Å². The van der Waals surface area contributed by atoms with Crippen molar-refractivity contribution >= 4 is 51.9 Å². The number of anilines is 2. The van der Waals surface area contributed by atoms with Gasteiger partial charge in [-0.05, 0) is 48.0 Å². The van der Waals surface area contributed by atoms with Gasteiger partial charge in [-0.1, -0.05) is 42.1 Å². The molecule has 34 heavy (non-hydrogen) atoms. The van der Waals surface area contributed by atoms with Crippen molar-refractivity contribution in [3.05, 3.63) is 106 Å². The summed E-state index contributed by atoms with van der Waals surface area (Å²) < 4.78 is 13.4. The number of carbonyl (C=O) groups excluding carboxylic acids is 2. The highest BCUT2D eigenvalue weighted by molar-refractivity contribution is 8.14. The fourth-order valence-corrected chi connectivity index (χ4v) is 3.92. The minimum absolute atomic E-state index is 0.0700. The molecule has 0 fully saturated rings. The molecule has 3 aromatic rings. The number of aliphatic imine (C=N–C) groups is 1. The molecular formula is C24H17FN4O4S. The van der Waals surface area contributed by atoms with E-state index in [4.69, 9.17) is 0 Å². The molecule has 0 radical (unpaired) electrons. The molecule has 1 aliphatic rings. The van der Waals surface area contributed by atoms with Crippen LogP contribution in [-0.2, 0) is 9.59 Å². The fourth-order valence-electron chi connectivity index (χ4n) is 3.11. The maximum atomic E-state index is 13.4. The zero-order valence-corrected chi connectivity index (χ0v) is 18.4. The molecular weight excluding hydrogens is 459 g/mol. The maximum Gasteiger partial charge on any atom is 0.283 e. The number of carbonyl (C=O) groups is 2. The van der Waals surface area contributed by atoms with Gasteiger partial charge in [-0.2, -0.15) is 0 Å². The standard InChI is InChI=1S/C24H17FN4O4S/c25-17-6-10-19(11-7-17)28-23(31)21(14-16-4-2-1-3-5-16)27-24(28)34-15-22(30)26-18-8-12-20(13-9-18)29(32)33/h1-14H,15H2,(H,26,30). The molecule has 3 aromatic carbocycles. The van der Waals surface area contributed by atoms with Crippen molar-refractivity contribution in [2.75, 3.05) is 16.0 Å². The van der Waals surface area contributed by atoms with Gasteiger partial charge in [0.2, 0.25) is 5.91 Å². The summed E-state index contributed by atoms with van der Waals surface area (Å²) in [6.45, 7) is 0. The topological polar surface area (TPSA) is 105 Å². The predicted octanol–water partition coefficient (Wildman–Crippen LogP) is 4.85. The number of hydrogen-bond acceptors (Lipinski definition) is 6. The molecule has 0 aliphatic carbocycles. The van der Waals surface area contributed by atoms with Crippen LogP contribution in [0, 0.1) is 15.9 Å². The Hall–Kier alpha value is -4.31. The Morgan fingerprint density at radius 1 is 1.06 bits per heavy atom. The number of nitro groups is 1. The van der Waals surface area contributed by atoms with Gasteiger partial charge in [0.15, 0.2) is 5.17 Å². The quantitative estimate of drug-likeness (QED) is 0.311. The number of amidine groups is 1. The zero-order chi connectivity index (χ0) is 24.1. The molecule has 0 bridgehead atoms. The molecule has 0 saturated carbocycles. The van der Waals surface area contributed by atoms with E-state index in [-0.39, 0.29) is 28.2 Å². The largest absolute Gasteiger partial charge is 0.325 e. The molecule has 0 saturated heterocycles. The van der Waals surface area contributed by atoms with E-state index in [2.05, 4.69) is 10.3 Å². The average Bonchev–Trinajstić information content (AvgIpc) is 3.14. The lowest BCUT2D eigenvalue weighted by atomic mass is 10.2. The monoisotopic (exact) mass is 476 g/mol. The molecule has 0 spiro atoms. The molecule has 0 atom stereocenters. The van der Waals surface area contributed by atoms with Crippen LogP contribution >= 0.6 is 11.8 Å². The first kappa shape index (κ1) is 22.9. The van der Waals surface area contributed by atoms with Crippen LogP contribution < -0.4 is 10.2 Å². The molecule has 0 unspecified atom stereocenters. The van der Waals surface area contributed by atoms with Gasteiger partial charge < -0.3 is 5.32 Å². The first-order valence-corrected chi connectivity index (χ1v) is 11.0. The van der Waals surface area contributed by atoms with Crippen molar-refractivity contribution in [1.82, 2.24) is 0 Å². The van der Waals surface area contributed by atoms with E-state index in [1.165, 1.54) is 53.4 Å². The molecule has 2 amide bonds. The Balaban J connectivity index is 1.52. The summed E-state index contributed by atoms with van der Waals surface area (Å²) in [4.78, 5) is 41.5. The normalized spacial score (nSPS) is 14.3. The number of thioether (sulfide) groups is 1. The van der Waals surface area contributed by atoms with E-state index in [1.54, 1.807) is 6.08 Å². The third kappa shape index (κ3) is 5.36. The minimum Gasteiger partial charge on any atom is -0.325 e. The van der Waals surface area contributed by atoms with Gasteiger partial charge in [0.05, 0.1) is 16.4 Å². The lowest BCUT2D eigenvalue weighted by Crippen LogP contribution is -2.31. The molecule has 1 heterocycles. The predicted molar refractivity (Wildman–Crippen MR) is 130 cm³/mol. The molecule has 10 heteroatoms. The Kier molecular flexibility index (Phi) is 6.79. The van der Waals surface area contributed by atoms with Gasteiger partial charge >= 0.3 is 0 Å². The number of nitrogens with one attached hydrogen (secondary N) is 1. The number of non-ortho nitro benzene ring substituents is 1. The van der Waals surface area contributed by atoms with Gasteiger partial charge in [0.1, 0.15) is 11.5 Å². The van der Waals surface area contributed by atoms with Crippen molar-refractivity contribution in [1.29, 1.82) is 0 Å². The van der Waals surface area contributed by atoms with Crippen LogP contribution in [0.2, 0.25) is 0 Å². The van der Waals surface area contributed by atoms with E-state index in [9.17, 15) is 24.1 Å². The molecule has 170 valence electrons. The van der Waals surface area contributed by atoms with Gasteiger partial charge in [-0.3, -0.25) is 24.6 Å². The van der Waals surface area contributed by atoms with Crippen molar-refractivity contribution < 1.29 is 18.9 Å². The van der Waals surface area contributed by atoms with Crippen LogP contribution in [0.5, 0.6) is 0 Å². The van der Waals surface area contributed by atoms with Crippen LogP contribution in [0.25, 0.3) is 6.08 Å². The van der Waals surface area contributed by atoms with E-state index in [1.807, 2.05) is 30.3 Å². The Bertz CT molecular complexity index is 1290. The highest BCUT2D eigenvalue weighted by Crippen LogP contribution is 2.29. The van der Waals surface area contributed by atoms with Crippen molar-refractivity contribution in [3.63, 3.8) is 0 Å². The third-order valence-electron chi connectivity index (χ3n) is 4.71. The van der Waals surface area contributed by atoms with Crippen LogP contribution in [-0.4, -0.2) is 27.7 Å². The SMILES string of the molecule is O=C(CSC1=NC(=Cc2ccccc2)C(=O)N1c1ccc(F)cc1)Nc1ccc([N+](=O)[O-])cc1. The van der Waals surface area contributed by atoms with E-state index >= 15 is 0 Å². The number of nitro benzene ring substituents is 1. The molecule has 0 aromatic heterocycles. The van der Waals surface area contributed by atoms with Crippen LogP contribution in [0.15, 0.2) is 89.6 Å². The fraction of sp³-hybridized carbons (Fsp3) is 0.0417. The van der Waals surface area contributed by atoms with Gasteiger partial charge in [0, 0.05) is 17.8 Å². The first-order valence-electron chi connectivity index (χ1n) is 10.0. The van der Waals surface area contributed by atoms with Gasteiger partial charge in [-0.15, -0.1) is 0 Å². The third-order valence-corrected chi connectivity index (χ3v) is 5.65. The maximum absolute atomic E-state index is 13.4. The summed E-state index contributed by atoms with van der Waals surface area (Å²) in [5.74, 6) is -1.29. The number of nitrogens with zero attached hydrogens (tertiary/aromatic N) is 3. The zero-order valence-electron chi connectivity index (χ0n) is 17.6. The smallest absolute Gasteiger partial charge is 0.283 e. The molecule has 4 rings (SSSR count). The highest BCUT2D eigenvalue weighted by Gasteiger charge is 2.32. The van der Waals surface area contributed by atoms with Crippen molar-refractivity contribution in [3.8, 4) is 0 Å². The second-order valence-corrected chi connectivity index (χ2v) is 8.03. The van der Waals surface area contributed by atoms with E-state index in [0.717, 1.165) is 17.3 Å². The number of benzene rings is 3. The number of amides is 2. The van der Waals surface area contributed by atoms with Crippen molar-refractivity contribution in [2.24, 2.45) is 4.99 Å². The summed E-state index contributed by atoms with van der Waals surface area (Å²) in [6, 6.07) is 20.1. The van der Waals surface area contributed by atoms with E-state index < -0.39 is 16.6 Å². The Morgan fingerprint density at radius 3 is 2.38 bits per heavy atom. The Morgan fingerprint density at radius 2 is 1.74 bits per heavy atom. The summed E-state index contributed by atoms with van der Waals surface area (Å²) in [7, 11) is 0. The average molecular weight is 476 g/mol. The summed E-state index contributed by atoms with van der Waals surface area (Å²) in [6.07, 6.45) is 1.64. The lowest BCUT2D eigenvalue weighted by Gasteiger charge is -2.17. The van der Waals surface area contributed by atoms with Crippen LogP contribution in [0.4, 0.5) is 21.5 Å². The Labute approximate surface area is 198 Å². The summed E-state index contributed by atoms with van der Waals surface area (Å²) in [5.41, 5.74) is 1.72. The number of halogens is 1. The number of rotatable bonds is 6. The molecule has 1 N–H and O–H groups in total. The second kappa shape index (κ2) is 10.1. The molecule has 8 nitrogen and oxygen atoms in total. The van der Waals surface area contributed by atoms with E-state index in [0.29, 0.717) is 11.4 Å². The summed E-state index contributed by atoms with van der Waals surface area (Å²) >= 11 is 1.04. The highest BCUT2D eigenvalue weighted by atomic mass is 32.2. The van der Waals surface area contributed by atoms with Crippen molar-refractivity contribution in [2.45, 2.75) is 0 Å². The lowest BCUT2D eigenvalue weighted by molar-refractivity contribution is -0.384. The van der Waals surface area contributed by atoms with Gasteiger partial charge in [-0.25, -0.2) is 9.38 Å². The number of hydrogen-bond donors (Lipinski definition) is 1. The van der Waals surface area contributed by atoms with Crippen LogP contribution in [0.1, 0.15) is 5.56 Å². The van der Waals surface area contributed by atoms with Gasteiger partial charge in [0.25, 0.3) is 11.6 Å². The minimum atomic E-state index is -0.527.